The molecule has 28 heavy (non-hydrogen) atoms. The number of anilines is 1. The van der Waals surface area contributed by atoms with Crippen molar-refractivity contribution in [1.29, 1.82) is 0 Å². The summed E-state index contributed by atoms with van der Waals surface area (Å²) in [6.45, 7) is 0. The quantitative estimate of drug-likeness (QED) is 0.585. The molecule has 0 fully saturated rings. The maximum Gasteiger partial charge on any atom is 0.161 e. The third kappa shape index (κ3) is 2.51. The average Bonchev–Trinajstić information content (AvgIpc) is 3.08. The molecule has 0 saturated heterocycles. The molecule has 2 aliphatic heterocycles. The molecule has 0 radical (unpaired) electrons. The van der Waals surface area contributed by atoms with E-state index in [0.717, 1.165) is 17.1 Å². The lowest BCUT2D eigenvalue weighted by Gasteiger charge is -2.29. The van der Waals surface area contributed by atoms with Gasteiger partial charge < -0.3 is 14.4 Å². The van der Waals surface area contributed by atoms with E-state index in [4.69, 9.17) is 9.47 Å². The van der Waals surface area contributed by atoms with Crippen molar-refractivity contribution in [3.05, 3.63) is 95.2 Å². The van der Waals surface area contributed by atoms with E-state index < -0.39 is 0 Å². The molecule has 0 N–H and O–H groups in total. The molecule has 0 bridgehead atoms. The van der Waals surface area contributed by atoms with E-state index in [1.165, 1.54) is 28.0 Å². The number of benzene rings is 3. The molecule has 3 aromatic carbocycles. The minimum atomic E-state index is 0.173. The van der Waals surface area contributed by atoms with Crippen molar-refractivity contribution in [2.45, 2.75) is 6.04 Å². The Hall–Kier alpha value is -3.46. The number of rotatable bonds is 3. The molecule has 0 spiro atoms. The molecule has 0 aromatic heterocycles. The second-order valence-corrected chi connectivity index (χ2v) is 6.99. The Labute approximate surface area is 165 Å². The first kappa shape index (κ1) is 16.7. The molecule has 1 unspecified atom stereocenters. The summed E-state index contributed by atoms with van der Waals surface area (Å²) >= 11 is 0. The highest BCUT2D eigenvalue weighted by molar-refractivity contribution is 5.98. The van der Waals surface area contributed by atoms with Crippen molar-refractivity contribution in [2.24, 2.45) is 0 Å². The molecule has 3 heteroatoms. The molecular formula is C25H21NO2. The van der Waals surface area contributed by atoms with E-state index in [9.17, 15) is 0 Å². The van der Waals surface area contributed by atoms with Gasteiger partial charge in [0.1, 0.15) is 0 Å². The molecule has 2 heterocycles. The molecule has 5 rings (SSSR count). The zero-order valence-electron chi connectivity index (χ0n) is 15.9. The van der Waals surface area contributed by atoms with Crippen molar-refractivity contribution >= 4 is 23.4 Å². The van der Waals surface area contributed by atoms with E-state index in [2.05, 4.69) is 77.8 Å². The van der Waals surface area contributed by atoms with Crippen LogP contribution in [0.5, 0.6) is 11.5 Å². The van der Waals surface area contributed by atoms with Crippen LogP contribution in [0.2, 0.25) is 0 Å². The van der Waals surface area contributed by atoms with E-state index in [0.29, 0.717) is 0 Å². The molecule has 138 valence electrons. The average molecular weight is 367 g/mol. The maximum atomic E-state index is 5.50. The van der Waals surface area contributed by atoms with E-state index >= 15 is 0 Å². The Kier molecular flexibility index (Phi) is 3.94. The minimum absolute atomic E-state index is 0.173. The largest absolute Gasteiger partial charge is 0.493 e. The fourth-order valence-corrected chi connectivity index (χ4v) is 4.21. The summed E-state index contributed by atoms with van der Waals surface area (Å²) in [5.74, 6) is 1.48. The number of methoxy groups -OCH3 is 2. The van der Waals surface area contributed by atoms with Crippen LogP contribution in [0.3, 0.4) is 0 Å². The summed E-state index contributed by atoms with van der Waals surface area (Å²) in [7, 11) is 3.33. The second kappa shape index (κ2) is 6.61. The maximum absolute atomic E-state index is 5.50. The summed E-state index contributed by atoms with van der Waals surface area (Å²) in [6.07, 6.45) is 6.66. The molecular weight excluding hydrogens is 346 g/mol. The molecule has 2 aliphatic rings. The smallest absolute Gasteiger partial charge is 0.161 e. The van der Waals surface area contributed by atoms with Crippen LogP contribution >= 0.6 is 0 Å². The summed E-state index contributed by atoms with van der Waals surface area (Å²) < 4.78 is 10.9. The van der Waals surface area contributed by atoms with Gasteiger partial charge in [0.05, 0.1) is 20.3 Å². The van der Waals surface area contributed by atoms with Gasteiger partial charge in [-0.15, -0.1) is 0 Å². The predicted molar refractivity (Wildman–Crippen MR) is 115 cm³/mol. The van der Waals surface area contributed by atoms with Gasteiger partial charge in [-0.05, 0) is 52.6 Å². The summed E-state index contributed by atoms with van der Waals surface area (Å²) in [5.41, 5.74) is 7.49. The zero-order chi connectivity index (χ0) is 19.1. The van der Waals surface area contributed by atoms with E-state index in [1.807, 2.05) is 12.1 Å². The fourth-order valence-electron chi connectivity index (χ4n) is 4.21. The van der Waals surface area contributed by atoms with Crippen LogP contribution < -0.4 is 14.4 Å². The summed E-state index contributed by atoms with van der Waals surface area (Å²) in [6, 6.07) is 23.5. The van der Waals surface area contributed by atoms with Gasteiger partial charge in [0, 0.05) is 17.5 Å². The summed E-state index contributed by atoms with van der Waals surface area (Å²) in [4.78, 5) is 2.37. The number of hydrogen-bond acceptors (Lipinski definition) is 3. The number of fused-ring (bicyclic) bond motifs is 5. The SMILES string of the molecule is COc1ccc(C=C2c3ccccc3N3C=Cc4ccccc4C23)cc1OC. The van der Waals surface area contributed by atoms with E-state index in [1.54, 1.807) is 14.2 Å². The van der Waals surface area contributed by atoms with Crippen LogP contribution in [-0.2, 0) is 0 Å². The Balaban J connectivity index is 1.69. The van der Waals surface area contributed by atoms with Crippen LogP contribution in [0.25, 0.3) is 17.7 Å². The van der Waals surface area contributed by atoms with Gasteiger partial charge in [-0.2, -0.15) is 0 Å². The standard InChI is InChI=1S/C25H21NO2/c1-27-23-12-11-17(16-24(23)28-2)15-21-20-9-5-6-10-22(20)26-14-13-18-7-3-4-8-19(18)25(21)26/h3-16,25H,1-2H3. The normalized spacial score (nSPS) is 17.9. The first-order valence-corrected chi connectivity index (χ1v) is 9.38. The van der Waals surface area contributed by atoms with Gasteiger partial charge in [0.15, 0.2) is 11.5 Å². The van der Waals surface area contributed by atoms with Gasteiger partial charge in [-0.1, -0.05) is 48.5 Å². The number of nitrogens with zero attached hydrogens (tertiary/aromatic N) is 1. The van der Waals surface area contributed by atoms with Gasteiger partial charge in [-0.25, -0.2) is 0 Å². The molecule has 1 atom stereocenters. The van der Waals surface area contributed by atoms with Gasteiger partial charge >= 0.3 is 0 Å². The lowest BCUT2D eigenvalue weighted by atomic mass is 9.90. The molecule has 3 nitrogen and oxygen atoms in total. The summed E-state index contributed by atoms with van der Waals surface area (Å²) in [5, 5.41) is 0. The first-order valence-electron chi connectivity index (χ1n) is 9.38. The van der Waals surface area contributed by atoms with Gasteiger partial charge in [0.2, 0.25) is 0 Å². The zero-order valence-corrected chi connectivity index (χ0v) is 15.9. The highest BCUT2D eigenvalue weighted by atomic mass is 16.5. The van der Waals surface area contributed by atoms with Crippen LogP contribution in [0.15, 0.2) is 72.9 Å². The topological polar surface area (TPSA) is 21.7 Å². The monoisotopic (exact) mass is 367 g/mol. The van der Waals surface area contributed by atoms with Crippen molar-refractivity contribution in [1.82, 2.24) is 0 Å². The highest BCUT2D eigenvalue weighted by Crippen LogP contribution is 2.51. The van der Waals surface area contributed by atoms with Crippen LogP contribution in [-0.4, -0.2) is 14.2 Å². The Morgan fingerprint density at radius 3 is 2.50 bits per heavy atom. The van der Waals surface area contributed by atoms with E-state index in [-0.39, 0.29) is 6.04 Å². The third-order valence-corrected chi connectivity index (χ3v) is 5.50. The van der Waals surface area contributed by atoms with Crippen LogP contribution in [0.4, 0.5) is 5.69 Å². The van der Waals surface area contributed by atoms with Crippen LogP contribution in [0, 0.1) is 0 Å². The highest BCUT2D eigenvalue weighted by Gasteiger charge is 2.36. The Bertz CT molecular complexity index is 1110. The second-order valence-electron chi connectivity index (χ2n) is 6.99. The molecule has 0 amide bonds. The lowest BCUT2D eigenvalue weighted by Crippen LogP contribution is -2.21. The van der Waals surface area contributed by atoms with Gasteiger partial charge in [0.25, 0.3) is 0 Å². The first-order chi connectivity index (χ1) is 13.8. The van der Waals surface area contributed by atoms with Crippen molar-refractivity contribution in [2.75, 3.05) is 19.1 Å². The molecule has 0 aliphatic carbocycles. The number of ether oxygens (including phenoxy) is 2. The lowest BCUT2D eigenvalue weighted by molar-refractivity contribution is 0.355. The minimum Gasteiger partial charge on any atom is -0.493 e. The Morgan fingerprint density at radius 2 is 1.64 bits per heavy atom. The van der Waals surface area contributed by atoms with Crippen molar-refractivity contribution in [3.8, 4) is 11.5 Å². The fraction of sp³-hybridized carbons (Fsp3) is 0.120. The van der Waals surface area contributed by atoms with Gasteiger partial charge in [-0.3, -0.25) is 0 Å². The third-order valence-electron chi connectivity index (χ3n) is 5.50. The van der Waals surface area contributed by atoms with Crippen molar-refractivity contribution < 1.29 is 9.47 Å². The molecule has 3 aromatic rings. The van der Waals surface area contributed by atoms with Crippen LogP contribution in [0.1, 0.15) is 28.3 Å². The molecule has 0 saturated carbocycles. The number of hydrogen-bond donors (Lipinski definition) is 0. The number of para-hydroxylation sites is 1. The van der Waals surface area contributed by atoms with Crippen molar-refractivity contribution in [3.63, 3.8) is 0 Å². The predicted octanol–water partition coefficient (Wildman–Crippen LogP) is 5.79. The Morgan fingerprint density at radius 1 is 0.857 bits per heavy atom.